The Bertz CT molecular complexity index is 119. The summed E-state index contributed by atoms with van der Waals surface area (Å²) in [6.07, 6.45) is 2.06. The Morgan fingerprint density at radius 2 is 2.10 bits per heavy atom. The molecule has 0 unspecified atom stereocenters. The minimum Gasteiger partial charge on any atom is -0.353 e. The number of rotatable bonds is 1. The van der Waals surface area contributed by atoms with E-state index < -0.39 is 0 Å². The number of carbonyl (C=O) groups is 1. The zero-order chi connectivity index (χ0) is 7.40. The summed E-state index contributed by atoms with van der Waals surface area (Å²) in [6, 6.07) is 0.353. The van der Waals surface area contributed by atoms with Crippen LogP contribution in [0.4, 0.5) is 0 Å². The van der Waals surface area contributed by atoms with Gasteiger partial charge in [-0.3, -0.25) is 4.79 Å². The molecule has 0 spiro atoms. The van der Waals surface area contributed by atoms with Gasteiger partial charge in [-0.1, -0.05) is 0 Å². The highest BCUT2D eigenvalue weighted by molar-refractivity contribution is 5.80. The van der Waals surface area contributed by atoms with E-state index in [1.165, 1.54) is 0 Å². The Morgan fingerprint density at radius 3 is 2.60 bits per heavy atom. The van der Waals surface area contributed by atoms with Gasteiger partial charge in [0.2, 0.25) is 5.91 Å². The SMILES string of the molecule is [CH2]C(=O)NC1CCNCC1. The van der Waals surface area contributed by atoms with Gasteiger partial charge in [-0.2, -0.15) is 0 Å². The molecule has 1 amide bonds. The molecule has 1 heterocycles. The largest absolute Gasteiger partial charge is 0.353 e. The van der Waals surface area contributed by atoms with Gasteiger partial charge in [-0.25, -0.2) is 0 Å². The summed E-state index contributed by atoms with van der Waals surface area (Å²) < 4.78 is 0. The molecule has 10 heavy (non-hydrogen) atoms. The van der Waals surface area contributed by atoms with Crippen LogP contribution in [0.5, 0.6) is 0 Å². The maximum atomic E-state index is 10.5. The highest BCUT2D eigenvalue weighted by Gasteiger charge is 2.12. The number of amides is 1. The molecular formula is C7H13N2O. The van der Waals surface area contributed by atoms with E-state index in [2.05, 4.69) is 17.6 Å². The Morgan fingerprint density at radius 1 is 1.50 bits per heavy atom. The van der Waals surface area contributed by atoms with E-state index in [4.69, 9.17) is 0 Å². The minimum absolute atomic E-state index is 0.160. The molecule has 0 bridgehead atoms. The van der Waals surface area contributed by atoms with Gasteiger partial charge in [0, 0.05) is 13.0 Å². The lowest BCUT2D eigenvalue weighted by Crippen LogP contribution is -2.41. The first kappa shape index (κ1) is 7.54. The molecule has 1 aliphatic heterocycles. The number of hydrogen-bond donors (Lipinski definition) is 2. The molecule has 0 atom stereocenters. The lowest BCUT2D eigenvalue weighted by Gasteiger charge is -2.22. The zero-order valence-corrected chi connectivity index (χ0v) is 6.02. The van der Waals surface area contributed by atoms with Crippen molar-refractivity contribution in [3.63, 3.8) is 0 Å². The normalized spacial score (nSPS) is 20.5. The van der Waals surface area contributed by atoms with E-state index >= 15 is 0 Å². The molecule has 1 saturated heterocycles. The van der Waals surface area contributed by atoms with Crippen molar-refractivity contribution < 1.29 is 4.79 Å². The van der Waals surface area contributed by atoms with Gasteiger partial charge in [0.15, 0.2) is 0 Å². The monoisotopic (exact) mass is 141 g/mol. The average Bonchev–Trinajstić information content (AvgIpc) is 1.88. The van der Waals surface area contributed by atoms with E-state index in [9.17, 15) is 4.79 Å². The van der Waals surface area contributed by atoms with E-state index in [1.807, 2.05) is 0 Å². The molecule has 1 radical (unpaired) electrons. The van der Waals surface area contributed by atoms with Crippen LogP contribution in [0.15, 0.2) is 0 Å². The molecule has 1 rings (SSSR count). The van der Waals surface area contributed by atoms with Gasteiger partial charge < -0.3 is 10.6 Å². The first-order chi connectivity index (χ1) is 4.79. The van der Waals surface area contributed by atoms with Crippen molar-refractivity contribution in [2.45, 2.75) is 18.9 Å². The van der Waals surface area contributed by atoms with E-state index in [1.54, 1.807) is 0 Å². The number of nitrogens with one attached hydrogen (secondary N) is 2. The van der Waals surface area contributed by atoms with Crippen LogP contribution in [0.3, 0.4) is 0 Å². The summed E-state index contributed by atoms with van der Waals surface area (Å²) >= 11 is 0. The molecule has 1 aliphatic rings. The predicted octanol–water partition coefficient (Wildman–Crippen LogP) is -0.311. The second-order valence-corrected chi connectivity index (χ2v) is 2.59. The van der Waals surface area contributed by atoms with Crippen molar-refractivity contribution in [1.82, 2.24) is 10.6 Å². The van der Waals surface area contributed by atoms with Crippen LogP contribution in [0.1, 0.15) is 12.8 Å². The Hall–Kier alpha value is -0.570. The fraction of sp³-hybridized carbons (Fsp3) is 0.714. The van der Waals surface area contributed by atoms with Gasteiger partial charge in [0.1, 0.15) is 0 Å². The number of carbonyl (C=O) groups excluding carboxylic acids is 1. The molecule has 1 fully saturated rings. The van der Waals surface area contributed by atoms with Crippen LogP contribution in [-0.2, 0) is 4.79 Å². The second-order valence-electron chi connectivity index (χ2n) is 2.59. The van der Waals surface area contributed by atoms with Gasteiger partial charge in [0.05, 0.1) is 0 Å². The smallest absolute Gasteiger partial charge is 0.220 e. The number of piperidine rings is 1. The van der Waals surface area contributed by atoms with Gasteiger partial charge in [-0.05, 0) is 25.9 Å². The molecule has 3 heteroatoms. The Kier molecular flexibility index (Phi) is 2.68. The lowest BCUT2D eigenvalue weighted by molar-refractivity contribution is -0.117. The number of hydrogen-bond acceptors (Lipinski definition) is 2. The topological polar surface area (TPSA) is 41.1 Å². The van der Waals surface area contributed by atoms with Gasteiger partial charge in [-0.15, -0.1) is 0 Å². The summed E-state index contributed by atoms with van der Waals surface area (Å²) in [5.74, 6) is -0.160. The second kappa shape index (κ2) is 3.56. The molecule has 0 aromatic heterocycles. The van der Waals surface area contributed by atoms with E-state index in [0.717, 1.165) is 25.9 Å². The summed E-state index contributed by atoms with van der Waals surface area (Å²) in [4.78, 5) is 10.5. The van der Waals surface area contributed by atoms with Crippen molar-refractivity contribution in [2.24, 2.45) is 0 Å². The maximum Gasteiger partial charge on any atom is 0.220 e. The Labute approximate surface area is 61.2 Å². The summed E-state index contributed by atoms with van der Waals surface area (Å²) in [5.41, 5.74) is 0. The first-order valence-corrected chi connectivity index (χ1v) is 3.62. The lowest BCUT2D eigenvalue weighted by atomic mass is 10.1. The van der Waals surface area contributed by atoms with Crippen LogP contribution in [0, 0.1) is 6.92 Å². The summed E-state index contributed by atoms with van der Waals surface area (Å²) in [6.45, 7) is 5.27. The Balaban J connectivity index is 2.19. The van der Waals surface area contributed by atoms with Crippen LogP contribution >= 0.6 is 0 Å². The van der Waals surface area contributed by atoms with E-state index in [-0.39, 0.29) is 5.91 Å². The van der Waals surface area contributed by atoms with Gasteiger partial charge in [0.25, 0.3) is 0 Å². The molecular weight excluding hydrogens is 128 g/mol. The molecule has 0 aromatic rings. The highest BCUT2D eigenvalue weighted by atomic mass is 16.1. The van der Waals surface area contributed by atoms with Crippen molar-refractivity contribution in [1.29, 1.82) is 0 Å². The standard InChI is InChI=1S/C7H13N2O/c1-6(10)9-7-2-4-8-5-3-7/h7-8H,1-5H2,(H,9,10). The molecule has 0 aliphatic carbocycles. The molecule has 0 saturated carbocycles. The van der Waals surface area contributed by atoms with Crippen LogP contribution in [0.2, 0.25) is 0 Å². The average molecular weight is 141 g/mol. The molecule has 0 aromatic carbocycles. The van der Waals surface area contributed by atoms with Gasteiger partial charge >= 0.3 is 0 Å². The molecule has 2 N–H and O–H groups in total. The molecule has 57 valence electrons. The van der Waals surface area contributed by atoms with Crippen molar-refractivity contribution >= 4 is 5.91 Å². The maximum absolute atomic E-state index is 10.5. The van der Waals surface area contributed by atoms with Crippen molar-refractivity contribution in [3.05, 3.63) is 6.92 Å². The third-order valence-electron chi connectivity index (χ3n) is 1.70. The minimum atomic E-state index is -0.160. The van der Waals surface area contributed by atoms with Crippen molar-refractivity contribution in [2.75, 3.05) is 13.1 Å². The quantitative estimate of drug-likeness (QED) is 0.526. The summed E-state index contributed by atoms with van der Waals surface area (Å²) in [7, 11) is 0. The third kappa shape index (κ3) is 2.35. The van der Waals surface area contributed by atoms with Crippen LogP contribution < -0.4 is 10.6 Å². The van der Waals surface area contributed by atoms with Crippen LogP contribution in [0.25, 0.3) is 0 Å². The fourth-order valence-corrected chi connectivity index (χ4v) is 1.19. The third-order valence-corrected chi connectivity index (χ3v) is 1.70. The summed E-state index contributed by atoms with van der Waals surface area (Å²) in [5, 5.41) is 6.01. The van der Waals surface area contributed by atoms with Crippen molar-refractivity contribution in [3.8, 4) is 0 Å². The van der Waals surface area contributed by atoms with E-state index in [0.29, 0.717) is 6.04 Å². The predicted molar refractivity (Wildman–Crippen MR) is 39.4 cm³/mol. The zero-order valence-electron chi connectivity index (χ0n) is 6.02. The highest BCUT2D eigenvalue weighted by Crippen LogP contribution is 2.00. The molecule has 3 nitrogen and oxygen atoms in total. The van der Waals surface area contributed by atoms with Crippen LogP contribution in [-0.4, -0.2) is 25.0 Å². The fourth-order valence-electron chi connectivity index (χ4n) is 1.19. The first-order valence-electron chi connectivity index (χ1n) is 3.62.